The molecule has 0 aliphatic rings. The maximum absolute atomic E-state index is 12.2. The third-order valence-electron chi connectivity index (χ3n) is 3.47. The smallest absolute Gasteiger partial charge is 0.251 e. The van der Waals surface area contributed by atoms with Gasteiger partial charge in [-0.1, -0.05) is 30.3 Å². The molecular weight excluding hydrogens is 288 g/mol. The van der Waals surface area contributed by atoms with Crippen molar-refractivity contribution in [2.24, 2.45) is 0 Å². The van der Waals surface area contributed by atoms with Crippen LogP contribution in [0.2, 0.25) is 0 Å². The molecule has 1 N–H and O–H groups in total. The summed E-state index contributed by atoms with van der Waals surface area (Å²) >= 11 is 0. The Morgan fingerprint density at radius 1 is 1.09 bits per heavy atom. The number of benzene rings is 2. The van der Waals surface area contributed by atoms with E-state index in [2.05, 4.69) is 15.4 Å². The lowest BCUT2D eigenvalue weighted by atomic mass is 10.2. The quantitative estimate of drug-likeness (QED) is 0.806. The van der Waals surface area contributed by atoms with Gasteiger partial charge in [0.25, 0.3) is 5.91 Å². The Morgan fingerprint density at radius 3 is 2.61 bits per heavy atom. The molecule has 0 atom stereocenters. The van der Waals surface area contributed by atoms with Gasteiger partial charge in [0.2, 0.25) is 0 Å². The van der Waals surface area contributed by atoms with E-state index in [4.69, 9.17) is 0 Å². The summed E-state index contributed by atoms with van der Waals surface area (Å²) in [5.41, 5.74) is 2.72. The predicted molar refractivity (Wildman–Crippen MR) is 88.4 cm³/mol. The number of nitrogens with zero attached hydrogens (tertiary/aromatic N) is 3. The largest absolute Gasteiger partial charge is 0.345 e. The fraction of sp³-hybridized carbons (Fsp3) is 0.167. The molecule has 5 heteroatoms. The Hall–Kier alpha value is -2.95. The lowest BCUT2D eigenvalue weighted by Crippen LogP contribution is -2.24. The first kappa shape index (κ1) is 15.0. The molecule has 23 heavy (non-hydrogen) atoms. The van der Waals surface area contributed by atoms with Gasteiger partial charge in [-0.05, 0) is 43.7 Å². The first-order valence-corrected chi connectivity index (χ1v) is 7.46. The molecule has 2 aromatic carbocycles. The zero-order valence-electron chi connectivity index (χ0n) is 13.2. The first-order chi connectivity index (χ1) is 11.1. The highest BCUT2D eigenvalue weighted by molar-refractivity contribution is 5.94. The monoisotopic (exact) mass is 306 g/mol. The first-order valence-electron chi connectivity index (χ1n) is 7.46. The second-order valence-electron chi connectivity index (χ2n) is 5.37. The van der Waals surface area contributed by atoms with Crippen LogP contribution in [0, 0.1) is 13.8 Å². The molecule has 116 valence electrons. The van der Waals surface area contributed by atoms with Gasteiger partial charge in [0, 0.05) is 5.56 Å². The number of hydrogen-bond acceptors (Lipinski definition) is 3. The minimum Gasteiger partial charge on any atom is -0.345 e. The Balaban J connectivity index is 1.80. The summed E-state index contributed by atoms with van der Waals surface area (Å²) in [5, 5.41) is 7.32. The van der Waals surface area contributed by atoms with E-state index >= 15 is 0 Å². The van der Waals surface area contributed by atoms with Gasteiger partial charge in [-0.2, -0.15) is 5.10 Å². The van der Waals surface area contributed by atoms with E-state index in [1.807, 2.05) is 56.3 Å². The van der Waals surface area contributed by atoms with Gasteiger partial charge in [0.1, 0.15) is 5.82 Å². The normalized spacial score (nSPS) is 10.5. The molecule has 1 heterocycles. The van der Waals surface area contributed by atoms with E-state index in [0.717, 1.165) is 11.3 Å². The summed E-state index contributed by atoms with van der Waals surface area (Å²) in [5.74, 6) is 1.26. The highest BCUT2D eigenvalue weighted by Crippen LogP contribution is 2.12. The van der Waals surface area contributed by atoms with Crippen molar-refractivity contribution in [2.75, 3.05) is 0 Å². The van der Waals surface area contributed by atoms with Crippen LogP contribution in [0.25, 0.3) is 5.69 Å². The SMILES string of the molecule is Cc1cccc(-n2nc(C)nc2CNC(=O)c2ccccc2)c1. The fourth-order valence-electron chi connectivity index (χ4n) is 2.39. The summed E-state index contributed by atoms with van der Waals surface area (Å²) in [6.45, 7) is 4.20. The highest BCUT2D eigenvalue weighted by atomic mass is 16.1. The van der Waals surface area contributed by atoms with Crippen LogP contribution in [-0.4, -0.2) is 20.7 Å². The van der Waals surface area contributed by atoms with Crippen molar-refractivity contribution in [3.63, 3.8) is 0 Å². The third kappa shape index (κ3) is 3.45. The number of carbonyl (C=O) groups excluding carboxylic acids is 1. The van der Waals surface area contributed by atoms with Crippen LogP contribution < -0.4 is 5.32 Å². The topological polar surface area (TPSA) is 59.8 Å². The van der Waals surface area contributed by atoms with Crippen LogP contribution in [0.5, 0.6) is 0 Å². The molecule has 1 aromatic heterocycles. The zero-order chi connectivity index (χ0) is 16.2. The van der Waals surface area contributed by atoms with Crippen molar-refractivity contribution >= 4 is 5.91 Å². The Kier molecular flexibility index (Phi) is 4.19. The van der Waals surface area contributed by atoms with Gasteiger partial charge < -0.3 is 5.32 Å². The second kappa shape index (κ2) is 6.44. The Bertz CT molecular complexity index is 824. The molecule has 0 fully saturated rings. The molecular formula is C18H18N4O. The summed E-state index contributed by atoms with van der Waals surface area (Å²) in [6.07, 6.45) is 0. The average Bonchev–Trinajstić information content (AvgIpc) is 2.94. The average molecular weight is 306 g/mol. The third-order valence-corrected chi connectivity index (χ3v) is 3.47. The van der Waals surface area contributed by atoms with E-state index in [-0.39, 0.29) is 5.91 Å². The molecule has 0 aliphatic heterocycles. The molecule has 3 rings (SSSR count). The minimum atomic E-state index is -0.123. The molecule has 0 saturated heterocycles. The van der Waals surface area contributed by atoms with Crippen LogP contribution >= 0.6 is 0 Å². The van der Waals surface area contributed by atoms with E-state index < -0.39 is 0 Å². The number of hydrogen-bond donors (Lipinski definition) is 1. The van der Waals surface area contributed by atoms with Crippen molar-refractivity contribution in [1.82, 2.24) is 20.1 Å². The van der Waals surface area contributed by atoms with Crippen molar-refractivity contribution in [1.29, 1.82) is 0 Å². The van der Waals surface area contributed by atoms with Gasteiger partial charge in [-0.25, -0.2) is 9.67 Å². The lowest BCUT2D eigenvalue weighted by molar-refractivity contribution is 0.0949. The summed E-state index contributed by atoms with van der Waals surface area (Å²) in [7, 11) is 0. The number of amides is 1. The van der Waals surface area contributed by atoms with Crippen LogP contribution in [-0.2, 0) is 6.54 Å². The molecule has 0 unspecified atom stereocenters. The number of aromatic nitrogens is 3. The van der Waals surface area contributed by atoms with E-state index in [1.165, 1.54) is 0 Å². The van der Waals surface area contributed by atoms with Gasteiger partial charge >= 0.3 is 0 Å². The van der Waals surface area contributed by atoms with Gasteiger partial charge in [0.05, 0.1) is 12.2 Å². The minimum absolute atomic E-state index is 0.123. The summed E-state index contributed by atoms with van der Waals surface area (Å²) < 4.78 is 1.77. The maximum Gasteiger partial charge on any atom is 0.251 e. The van der Waals surface area contributed by atoms with Gasteiger partial charge in [-0.3, -0.25) is 4.79 Å². The van der Waals surface area contributed by atoms with Crippen LogP contribution in [0.4, 0.5) is 0 Å². The number of aryl methyl sites for hydroxylation is 2. The van der Waals surface area contributed by atoms with Crippen LogP contribution in [0.3, 0.4) is 0 Å². The highest BCUT2D eigenvalue weighted by Gasteiger charge is 2.11. The van der Waals surface area contributed by atoms with Crippen LogP contribution in [0.15, 0.2) is 54.6 Å². The summed E-state index contributed by atoms with van der Waals surface area (Å²) in [6, 6.07) is 17.2. The van der Waals surface area contributed by atoms with E-state index in [0.29, 0.717) is 23.8 Å². The Labute approximate surface area is 135 Å². The van der Waals surface area contributed by atoms with Crippen molar-refractivity contribution in [2.45, 2.75) is 20.4 Å². The molecule has 0 bridgehead atoms. The lowest BCUT2D eigenvalue weighted by Gasteiger charge is -2.08. The number of rotatable bonds is 4. The van der Waals surface area contributed by atoms with Crippen molar-refractivity contribution in [3.8, 4) is 5.69 Å². The van der Waals surface area contributed by atoms with Crippen LogP contribution in [0.1, 0.15) is 27.6 Å². The molecule has 0 radical (unpaired) electrons. The molecule has 0 saturated carbocycles. The summed E-state index contributed by atoms with van der Waals surface area (Å²) in [4.78, 5) is 16.6. The Morgan fingerprint density at radius 2 is 1.87 bits per heavy atom. The second-order valence-corrected chi connectivity index (χ2v) is 5.37. The number of nitrogens with one attached hydrogen (secondary N) is 1. The molecule has 1 amide bonds. The fourth-order valence-corrected chi connectivity index (χ4v) is 2.39. The van der Waals surface area contributed by atoms with Gasteiger partial charge in [0.15, 0.2) is 5.82 Å². The zero-order valence-corrected chi connectivity index (χ0v) is 13.2. The van der Waals surface area contributed by atoms with Crippen molar-refractivity contribution in [3.05, 3.63) is 77.4 Å². The predicted octanol–water partition coefficient (Wildman–Crippen LogP) is 2.81. The van der Waals surface area contributed by atoms with E-state index in [1.54, 1.807) is 16.8 Å². The van der Waals surface area contributed by atoms with Crippen molar-refractivity contribution < 1.29 is 4.79 Å². The molecule has 3 aromatic rings. The number of carbonyl (C=O) groups is 1. The molecule has 0 aliphatic carbocycles. The van der Waals surface area contributed by atoms with E-state index in [9.17, 15) is 4.79 Å². The molecule has 5 nitrogen and oxygen atoms in total. The standard InChI is InChI=1S/C18H18N4O/c1-13-7-6-10-16(11-13)22-17(20-14(2)21-22)12-19-18(23)15-8-4-3-5-9-15/h3-11H,12H2,1-2H3,(H,19,23). The maximum atomic E-state index is 12.2. The molecule has 0 spiro atoms. The van der Waals surface area contributed by atoms with Gasteiger partial charge in [-0.15, -0.1) is 0 Å².